The van der Waals surface area contributed by atoms with Crippen molar-refractivity contribution in [3.63, 3.8) is 0 Å². The Morgan fingerprint density at radius 3 is 2.23 bits per heavy atom. The highest BCUT2D eigenvalue weighted by Crippen LogP contribution is 2.05. The first-order valence-electron chi connectivity index (χ1n) is 5.50. The molecule has 0 aromatic heterocycles. The molecule has 0 aromatic rings. The van der Waals surface area contributed by atoms with Gasteiger partial charge in [0.2, 0.25) is 0 Å². The maximum atomic E-state index is 9.98. The summed E-state index contributed by atoms with van der Waals surface area (Å²) in [6.07, 6.45) is 14.8. The monoisotopic (exact) mass is 182 g/mol. The Kier molecular flexibility index (Phi) is 10.9. The van der Waals surface area contributed by atoms with Gasteiger partial charge in [0.05, 0.1) is 0 Å². The van der Waals surface area contributed by atoms with Gasteiger partial charge in [-0.25, -0.2) is 0 Å². The zero-order valence-corrected chi connectivity index (χ0v) is 8.80. The van der Waals surface area contributed by atoms with E-state index in [0.29, 0.717) is 6.42 Å². The van der Waals surface area contributed by atoms with Crippen molar-refractivity contribution in [1.82, 2.24) is 0 Å². The molecule has 1 nitrogen and oxygen atoms in total. The second-order valence-electron chi connectivity index (χ2n) is 3.42. The van der Waals surface area contributed by atoms with Gasteiger partial charge in [0, 0.05) is 6.42 Å². The summed E-state index contributed by atoms with van der Waals surface area (Å²) in [6.45, 7) is 2.24. The standard InChI is InChI=1S/C12H22O/c1-2-3-4-5-6-7-8-9-10-11-12-13/h8-9,12H,2-7,10-11H2,1H3/b9-8-. The Morgan fingerprint density at radius 1 is 0.846 bits per heavy atom. The van der Waals surface area contributed by atoms with Crippen LogP contribution in [0, 0.1) is 0 Å². The number of hydrogen-bond donors (Lipinski definition) is 0. The van der Waals surface area contributed by atoms with Gasteiger partial charge in [-0.1, -0.05) is 44.8 Å². The van der Waals surface area contributed by atoms with Crippen molar-refractivity contribution in [1.29, 1.82) is 0 Å². The van der Waals surface area contributed by atoms with Crippen LogP contribution in [0.3, 0.4) is 0 Å². The van der Waals surface area contributed by atoms with E-state index in [1.165, 1.54) is 38.5 Å². The van der Waals surface area contributed by atoms with E-state index < -0.39 is 0 Å². The van der Waals surface area contributed by atoms with E-state index in [9.17, 15) is 4.79 Å². The molecule has 0 heterocycles. The maximum absolute atomic E-state index is 9.98. The quantitative estimate of drug-likeness (QED) is 0.300. The fourth-order valence-corrected chi connectivity index (χ4v) is 1.27. The number of allylic oxidation sites excluding steroid dienone is 2. The van der Waals surface area contributed by atoms with Gasteiger partial charge >= 0.3 is 0 Å². The van der Waals surface area contributed by atoms with E-state index in [-0.39, 0.29) is 0 Å². The van der Waals surface area contributed by atoms with Crippen molar-refractivity contribution in [3.05, 3.63) is 12.2 Å². The molecule has 0 unspecified atom stereocenters. The van der Waals surface area contributed by atoms with Crippen molar-refractivity contribution in [2.45, 2.75) is 58.3 Å². The lowest BCUT2D eigenvalue weighted by molar-refractivity contribution is -0.107. The molecule has 0 fully saturated rings. The highest BCUT2D eigenvalue weighted by molar-refractivity contribution is 5.49. The molecule has 76 valence electrons. The molecular weight excluding hydrogens is 160 g/mol. The van der Waals surface area contributed by atoms with Crippen molar-refractivity contribution in [2.24, 2.45) is 0 Å². The summed E-state index contributed by atoms with van der Waals surface area (Å²) in [5, 5.41) is 0. The fourth-order valence-electron chi connectivity index (χ4n) is 1.27. The minimum Gasteiger partial charge on any atom is -0.303 e. The van der Waals surface area contributed by atoms with E-state index >= 15 is 0 Å². The molecule has 13 heavy (non-hydrogen) atoms. The SMILES string of the molecule is CCCCCCC/C=C\CCC=O. The van der Waals surface area contributed by atoms with Crippen LogP contribution in [0.15, 0.2) is 12.2 Å². The minimum atomic E-state index is 0.673. The summed E-state index contributed by atoms with van der Waals surface area (Å²) in [6, 6.07) is 0. The van der Waals surface area contributed by atoms with E-state index in [0.717, 1.165) is 12.7 Å². The summed E-state index contributed by atoms with van der Waals surface area (Å²) in [7, 11) is 0. The molecule has 0 atom stereocenters. The molecule has 0 amide bonds. The third-order valence-corrected chi connectivity index (χ3v) is 2.09. The summed E-state index contributed by atoms with van der Waals surface area (Å²) in [5.41, 5.74) is 0. The zero-order valence-electron chi connectivity index (χ0n) is 8.80. The van der Waals surface area contributed by atoms with Gasteiger partial charge in [-0.05, 0) is 19.3 Å². The van der Waals surface area contributed by atoms with Crippen LogP contribution in [0.25, 0.3) is 0 Å². The zero-order chi connectivity index (χ0) is 9.78. The summed E-state index contributed by atoms with van der Waals surface area (Å²) >= 11 is 0. The van der Waals surface area contributed by atoms with E-state index in [1.54, 1.807) is 0 Å². The average Bonchev–Trinajstić information content (AvgIpc) is 2.16. The normalized spacial score (nSPS) is 10.8. The molecule has 0 spiro atoms. The molecule has 1 heteroatoms. The second-order valence-corrected chi connectivity index (χ2v) is 3.42. The van der Waals surface area contributed by atoms with Gasteiger partial charge in [-0.15, -0.1) is 0 Å². The largest absolute Gasteiger partial charge is 0.303 e. The molecular formula is C12H22O. The first kappa shape index (κ1) is 12.4. The number of aldehydes is 1. The van der Waals surface area contributed by atoms with Gasteiger partial charge in [-0.3, -0.25) is 0 Å². The van der Waals surface area contributed by atoms with E-state index in [2.05, 4.69) is 19.1 Å². The van der Waals surface area contributed by atoms with Crippen LogP contribution in [0.4, 0.5) is 0 Å². The maximum Gasteiger partial charge on any atom is 0.120 e. The van der Waals surface area contributed by atoms with Gasteiger partial charge in [0.25, 0.3) is 0 Å². The summed E-state index contributed by atoms with van der Waals surface area (Å²) in [4.78, 5) is 9.98. The lowest BCUT2D eigenvalue weighted by Gasteiger charge is -1.95. The molecule has 0 radical (unpaired) electrons. The van der Waals surface area contributed by atoms with Crippen molar-refractivity contribution in [3.8, 4) is 0 Å². The lowest BCUT2D eigenvalue weighted by Crippen LogP contribution is -1.76. The van der Waals surface area contributed by atoms with Gasteiger partial charge in [0.15, 0.2) is 0 Å². The van der Waals surface area contributed by atoms with Gasteiger partial charge in [0.1, 0.15) is 6.29 Å². The van der Waals surface area contributed by atoms with Crippen LogP contribution in [-0.2, 0) is 4.79 Å². The van der Waals surface area contributed by atoms with Crippen LogP contribution in [-0.4, -0.2) is 6.29 Å². The van der Waals surface area contributed by atoms with Crippen molar-refractivity contribution in [2.75, 3.05) is 0 Å². The number of unbranched alkanes of at least 4 members (excludes halogenated alkanes) is 6. The molecule has 0 rings (SSSR count). The highest BCUT2D eigenvalue weighted by atomic mass is 16.1. The van der Waals surface area contributed by atoms with Crippen molar-refractivity contribution >= 4 is 6.29 Å². The Bertz CT molecular complexity index is 127. The third-order valence-electron chi connectivity index (χ3n) is 2.09. The predicted octanol–water partition coefficient (Wildman–Crippen LogP) is 3.88. The first-order chi connectivity index (χ1) is 6.41. The number of carbonyl (C=O) groups is 1. The van der Waals surface area contributed by atoms with Crippen LogP contribution in [0.2, 0.25) is 0 Å². The first-order valence-corrected chi connectivity index (χ1v) is 5.50. The van der Waals surface area contributed by atoms with E-state index in [4.69, 9.17) is 0 Å². The summed E-state index contributed by atoms with van der Waals surface area (Å²) in [5.74, 6) is 0. The number of rotatable bonds is 9. The minimum absolute atomic E-state index is 0.673. The molecule has 0 N–H and O–H groups in total. The van der Waals surface area contributed by atoms with Crippen LogP contribution < -0.4 is 0 Å². The van der Waals surface area contributed by atoms with E-state index in [1.807, 2.05) is 0 Å². The molecule has 0 aliphatic rings. The molecule has 0 saturated carbocycles. The van der Waals surface area contributed by atoms with Crippen LogP contribution >= 0.6 is 0 Å². The Hall–Kier alpha value is -0.590. The smallest absolute Gasteiger partial charge is 0.120 e. The number of carbonyl (C=O) groups excluding carboxylic acids is 1. The summed E-state index contributed by atoms with van der Waals surface area (Å²) < 4.78 is 0. The Balaban J connectivity index is 2.97. The Morgan fingerprint density at radius 2 is 1.54 bits per heavy atom. The predicted molar refractivity (Wildman–Crippen MR) is 57.8 cm³/mol. The molecule has 0 saturated heterocycles. The number of hydrogen-bond acceptors (Lipinski definition) is 1. The van der Waals surface area contributed by atoms with Crippen molar-refractivity contribution < 1.29 is 4.79 Å². The lowest BCUT2D eigenvalue weighted by atomic mass is 10.1. The average molecular weight is 182 g/mol. The molecule has 0 bridgehead atoms. The highest BCUT2D eigenvalue weighted by Gasteiger charge is 1.86. The molecule has 0 aromatic carbocycles. The fraction of sp³-hybridized carbons (Fsp3) is 0.750. The molecule has 0 aliphatic carbocycles. The Labute approximate surface area is 82.2 Å². The van der Waals surface area contributed by atoms with Gasteiger partial charge in [-0.2, -0.15) is 0 Å². The third kappa shape index (κ3) is 11.4. The second kappa shape index (κ2) is 11.4. The van der Waals surface area contributed by atoms with Gasteiger partial charge < -0.3 is 4.79 Å². The van der Waals surface area contributed by atoms with Crippen LogP contribution in [0.1, 0.15) is 58.3 Å². The molecule has 0 aliphatic heterocycles. The van der Waals surface area contributed by atoms with Crippen LogP contribution in [0.5, 0.6) is 0 Å². The topological polar surface area (TPSA) is 17.1 Å².